The van der Waals surface area contributed by atoms with E-state index in [2.05, 4.69) is 41.7 Å². The molecular formula is C17H21NO. The van der Waals surface area contributed by atoms with Crippen molar-refractivity contribution in [2.75, 3.05) is 7.05 Å². The molecule has 0 amide bonds. The van der Waals surface area contributed by atoms with Crippen LogP contribution in [0.3, 0.4) is 0 Å². The summed E-state index contributed by atoms with van der Waals surface area (Å²) in [6, 6.07) is 16.9. The highest BCUT2D eigenvalue weighted by atomic mass is 16.5. The van der Waals surface area contributed by atoms with Crippen molar-refractivity contribution in [3.05, 3.63) is 54.1 Å². The minimum absolute atomic E-state index is 0.213. The van der Waals surface area contributed by atoms with E-state index >= 15 is 0 Å². The number of rotatable bonds is 5. The second kappa shape index (κ2) is 6.39. The van der Waals surface area contributed by atoms with Crippen LogP contribution in [0.25, 0.3) is 11.1 Å². The van der Waals surface area contributed by atoms with Crippen molar-refractivity contribution < 1.29 is 4.74 Å². The summed E-state index contributed by atoms with van der Waals surface area (Å²) in [5.74, 6) is 0.921. The molecule has 100 valence electrons. The normalized spacial score (nSPS) is 10.7. The molecule has 0 atom stereocenters. The Morgan fingerprint density at radius 1 is 1.00 bits per heavy atom. The highest BCUT2D eigenvalue weighted by Gasteiger charge is 2.01. The van der Waals surface area contributed by atoms with Gasteiger partial charge in [0.15, 0.2) is 0 Å². The summed E-state index contributed by atoms with van der Waals surface area (Å²) in [5, 5.41) is 3.17. The average molecular weight is 255 g/mol. The first-order chi connectivity index (χ1) is 9.19. The van der Waals surface area contributed by atoms with Crippen LogP contribution >= 0.6 is 0 Å². The Bertz CT molecular complexity index is 517. The van der Waals surface area contributed by atoms with Crippen molar-refractivity contribution in [1.82, 2.24) is 5.32 Å². The molecule has 0 aromatic heterocycles. The molecule has 2 nitrogen and oxygen atoms in total. The van der Waals surface area contributed by atoms with E-state index in [1.165, 1.54) is 16.7 Å². The van der Waals surface area contributed by atoms with Gasteiger partial charge in [-0.3, -0.25) is 0 Å². The molecule has 0 fully saturated rings. The number of hydrogen-bond donors (Lipinski definition) is 1. The Hall–Kier alpha value is -1.80. The fourth-order valence-corrected chi connectivity index (χ4v) is 2.06. The van der Waals surface area contributed by atoms with E-state index in [-0.39, 0.29) is 6.10 Å². The summed E-state index contributed by atoms with van der Waals surface area (Å²) in [4.78, 5) is 0. The van der Waals surface area contributed by atoms with E-state index in [9.17, 15) is 0 Å². The number of nitrogens with one attached hydrogen (secondary N) is 1. The van der Waals surface area contributed by atoms with Gasteiger partial charge in [-0.1, -0.05) is 30.3 Å². The second-order valence-corrected chi connectivity index (χ2v) is 4.92. The smallest absolute Gasteiger partial charge is 0.119 e. The maximum atomic E-state index is 5.66. The zero-order valence-electron chi connectivity index (χ0n) is 11.8. The molecule has 0 aliphatic rings. The van der Waals surface area contributed by atoms with Gasteiger partial charge in [-0.2, -0.15) is 0 Å². The highest BCUT2D eigenvalue weighted by Crippen LogP contribution is 2.23. The molecule has 19 heavy (non-hydrogen) atoms. The summed E-state index contributed by atoms with van der Waals surface area (Å²) in [5.41, 5.74) is 3.75. The molecule has 0 unspecified atom stereocenters. The Labute approximate surface area is 115 Å². The molecule has 2 heteroatoms. The van der Waals surface area contributed by atoms with E-state index in [0.717, 1.165) is 12.3 Å². The van der Waals surface area contributed by atoms with Gasteiger partial charge in [-0.15, -0.1) is 0 Å². The quantitative estimate of drug-likeness (QED) is 0.876. The van der Waals surface area contributed by atoms with Gasteiger partial charge in [0.05, 0.1) is 6.10 Å². The molecule has 0 radical (unpaired) electrons. The molecule has 2 aromatic rings. The number of benzene rings is 2. The lowest BCUT2D eigenvalue weighted by Crippen LogP contribution is -2.05. The second-order valence-electron chi connectivity index (χ2n) is 4.92. The Kier molecular flexibility index (Phi) is 4.58. The van der Waals surface area contributed by atoms with Gasteiger partial charge in [0, 0.05) is 6.54 Å². The molecule has 0 saturated heterocycles. The van der Waals surface area contributed by atoms with E-state index in [1.807, 2.05) is 33.0 Å². The predicted molar refractivity (Wildman–Crippen MR) is 80.4 cm³/mol. The van der Waals surface area contributed by atoms with Crippen molar-refractivity contribution in [3.63, 3.8) is 0 Å². The van der Waals surface area contributed by atoms with Gasteiger partial charge in [0.1, 0.15) is 5.75 Å². The monoisotopic (exact) mass is 255 g/mol. The standard InChI is InChI=1S/C17H21NO/c1-13(2)19-17-9-7-15(8-10-17)16-6-4-5-14(11-16)12-18-3/h4-11,13,18H,12H2,1-3H3. The van der Waals surface area contributed by atoms with E-state index < -0.39 is 0 Å². The third-order valence-corrected chi connectivity index (χ3v) is 2.87. The van der Waals surface area contributed by atoms with Crippen molar-refractivity contribution in [2.24, 2.45) is 0 Å². The van der Waals surface area contributed by atoms with Crippen LogP contribution in [-0.2, 0) is 6.54 Å². The third kappa shape index (κ3) is 3.83. The van der Waals surface area contributed by atoms with Gasteiger partial charge in [0.25, 0.3) is 0 Å². The number of hydrogen-bond acceptors (Lipinski definition) is 2. The molecular weight excluding hydrogens is 234 g/mol. The minimum atomic E-state index is 0.213. The van der Waals surface area contributed by atoms with Crippen molar-refractivity contribution >= 4 is 0 Å². The van der Waals surface area contributed by atoms with E-state index in [4.69, 9.17) is 4.74 Å². The average Bonchev–Trinajstić information content (AvgIpc) is 2.40. The summed E-state index contributed by atoms with van der Waals surface area (Å²) >= 11 is 0. The Morgan fingerprint density at radius 2 is 1.74 bits per heavy atom. The fraction of sp³-hybridized carbons (Fsp3) is 0.294. The molecule has 0 aliphatic carbocycles. The molecule has 0 heterocycles. The van der Waals surface area contributed by atoms with Crippen molar-refractivity contribution in [3.8, 4) is 16.9 Å². The van der Waals surface area contributed by atoms with Crippen LogP contribution < -0.4 is 10.1 Å². The van der Waals surface area contributed by atoms with Crippen LogP contribution in [0.2, 0.25) is 0 Å². The lowest BCUT2D eigenvalue weighted by atomic mass is 10.0. The van der Waals surface area contributed by atoms with Crippen molar-refractivity contribution in [1.29, 1.82) is 0 Å². The van der Waals surface area contributed by atoms with Crippen LogP contribution in [0, 0.1) is 0 Å². The van der Waals surface area contributed by atoms with Crippen LogP contribution in [0.5, 0.6) is 5.75 Å². The Morgan fingerprint density at radius 3 is 2.37 bits per heavy atom. The first kappa shape index (κ1) is 13.6. The summed E-state index contributed by atoms with van der Waals surface area (Å²) in [7, 11) is 1.96. The summed E-state index contributed by atoms with van der Waals surface area (Å²) < 4.78 is 5.66. The van der Waals surface area contributed by atoms with E-state index in [1.54, 1.807) is 0 Å². The lowest BCUT2D eigenvalue weighted by Gasteiger charge is -2.10. The maximum absolute atomic E-state index is 5.66. The van der Waals surface area contributed by atoms with Crippen LogP contribution in [-0.4, -0.2) is 13.2 Å². The lowest BCUT2D eigenvalue weighted by molar-refractivity contribution is 0.242. The summed E-state index contributed by atoms with van der Waals surface area (Å²) in [6.45, 7) is 4.96. The third-order valence-electron chi connectivity index (χ3n) is 2.87. The molecule has 1 N–H and O–H groups in total. The highest BCUT2D eigenvalue weighted by molar-refractivity contribution is 5.64. The van der Waals surface area contributed by atoms with Crippen LogP contribution in [0.15, 0.2) is 48.5 Å². The first-order valence-corrected chi connectivity index (χ1v) is 6.69. The van der Waals surface area contributed by atoms with Crippen molar-refractivity contribution in [2.45, 2.75) is 26.5 Å². The zero-order valence-corrected chi connectivity index (χ0v) is 11.8. The molecule has 2 rings (SSSR count). The van der Waals surface area contributed by atoms with Crippen LogP contribution in [0.4, 0.5) is 0 Å². The SMILES string of the molecule is CNCc1cccc(-c2ccc(OC(C)C)cc2)c1. The van der Waals surface area contributed by atoms with E-state index in [0.29, 0.717) is 0 Å². The van der Waals surface area contributed by atoms with Gasteiger partial charge in [-0.25, -0.2) is 0 Å². The fourth-order valence-electron chi connectivity index (χ4n) is 2.06. The Balaban J connectivity index is 2.19. The molecule has 0 bridgehead atoms. The molecule has 0 aliphatic heterocycles. The molecule has 0 spiro atoms. The van der Waals surface area contributed by atoms with Gasteiger partial charge >= 0.3 is 0 Å². The van der Waals surface area contributed by atoms with Gasteiger partial charge in [-0.05, 0) is 55.8 Å². The molecule has 2 aromatic carbocycles. The summed E-state index contributed by atoms with van der Waals surface area (Å²) in [6.07, 6.45) is 0.213. The first-order valence-electron chi connectivity index (χ1n) is 6.69. The topological polar surface area (TPSA) is 21.3 Å². The van der Waals surface area contributed by atoms with Gasteiger partial charge < -0.3 is 10.1 Å². The van der Waals surface area contributed by atoms with Crippen LogP contribution in [0.1, 0.15) is 19.4 Å². The minimum Gasteiger partial charge on any atom is -0.491 e. The van der Waals surface area contributed by atoms with Gasteiger partial charge in [0.2, 0.25) is 0 Å². The largest absolute Gasteiger partial charge is 0.491 e. The zero-order chi connectivity index (χ0) is 13.7. The predicted octanol–water partition coefficient (Wildman–Crippen LogP) is 3.86. The maximum Gasteiger partial charge on any atom is 0.119 e. The number of ether oxygens (including phenoxy) is 1. The molecule has 0 saturated carbocycles.